The molecule has 0 N–H and O–H groups in total. The summed E-state index contributed by atoms with van der Waals surface area (Å²) in [5, 5.41) is 0. The molecule has 0 bridgehead atoms. The molecule has 3 heteroatoms. The summed E-state index contributed by atoms with van der Waals surface area (Å²) in [6.07, 6.45) is 8.23. The largest absolute Gasteiger partial charge is 0.301 e. The maximum Gasteiger partial charge on any atom is 0.141 e. The fourth-order valence-corrected chi connectivity index (χ4v) is 2.13. The van der Waals surface area contributed by atoms with Gasteiger partial charge in [0.05, 0.1) is 6.04 Å². The fraction of sp³-hybridized carbons (Fsp3) is 0.500. The van der Waals surface area contributed by atoms with Gasteiger partial charge in [-0.2, -0.15) is 0 Å². The fourth-order valence-electron chi connectivity index (χ4n) is 2.13. The Balaban J connectivity index is 2.12. The third-order valence-electron chi connectivity index (χ3n) is 2.96. The van der Waals surface area contributed by atoms with Crippen LogP contribution >= 0.6 is 0 Å². The highest BCUT2D eigenvalue weighted by molar-refractivity contribution is 5.61. The molecule has 1 aliphatic heterocycles. The lowest BCUT2D eigenvalue weighted by Crippen LogP contribution is -2.34. The predicted octanol–water partition coefficient (Wildman–Crippen LogP) is 1.81. The standard InChI is InChI=1S/C12H16N2O/c15-10-12(11-4-6-13-7-5-11)14-8-2-1-3-9-14/h4-7,10,12H,1-3,8-9H2. The Bertz CT molecular complexity index is 307. The van der Waals surface area contributed by atoms with Gasteiger partial charge in [-0.1, -0.05) is 6.42 Å². The first-order chi connectivity index (χ1) is 7.42. The highest BCUT2D eigenvalue weighted by atomic mass is 16.1. The minimum Gasteiger partial charge on any atom is -0.301 e. The predicted molar refractivity (Wildman–Crippen MR) is 58.5 cm³/mol. The van der Waals surface area contributed by atoms with Crippen molar-refractivity contribution in [2.24, 2.45) is 0 Å². The Hall–Kier alpha value is -1.22. The van der Waals surface area contributed by atoms with Gasteiger partial charge >= 0.3 is 0 Å². The van der Waals surface area contributed by atoms with Crippen LogP contribution in [-0.2, 0) is 4.79 Å². The summed E-state index contributed by atoms with van der Waals surface area (Å²) in [6, 6.07) is 3.77. The van der Waals surface area contributed by atoms with Gasteiger partial charge < -0.3 is 4.79 Å². The van der Waals surface area contributed by atoms with Gasteiger partial charge in [0.1, 0.15) is 6.29 Å². The molecular weight excluding hydrogens is 188 g/mol. The van der Waals surface area contributed by atoms with Crippen molar-refractivity contribution < 1.29 is 4.79 Å². The minimum atomic E-state index is -0.0756. The first kappa shape index (κ1) is 10.3. The molecule has 1 aromatic rings. The van der Waals surface area contributed by atoms with Gasteiger partial charge in [-0.05, 0) is 43.6 Å². The SMILES string of the molecule is O=CC(c1ccncc1)N1CCCCC1. The van der Waals surface area contributed by atoms with E-state index in [1.807, 2.05) is 12.1 Å². The lowest BCUT2D eigenvalue weighted by atomic mass is 10.0. The normalized spacial score (nSPS) is 19.7. The van der Waals surface area contributed by atoms with Gasteiger partial charge in [0.2, 0.25) is 0 Å². The van der Waals surface area contributed by atoms with Crippen molar-refractivity contribution in [2.75, 3.05) is 13.1 Å². The second-order valence-corrected chi connectivity index (χ2v) is 3.96. The average molecular weight is 204 g/mol. The third kappa shape index (κ3) is 2.42. The van der Waals surface area contributed by atoms with E-state index in [1.165, 1.54) is 19.3 Å². The van der Waals surface area contributed by atoms with E-state index in [2.05, 4.69) is 9.88 Å². The number of carbonyl (C=O) groups excluding carboxylic acids is 1. The molecule has 1 unspecified atom stereocenters. The number of hydrogen-bond donors (Lipinski definition) is 0. The Morgan fingerprint density at radius 2 is 1.87 bits per heavy atom. The first-order valence-corrected chi connectivity index (χ1v) is 5.51. The molecule has 1 saturated heterocycles. The highest BCUT2D eigenvalue weighted by Crippen LogP contribution is 2.22. The highest BCUT2D eigenvalue weighted by Gasteiger charge is 2.21. The van der Waals surface area contributed by atoms with E-state index >= 15 is 0 Å². The lowest BCUT2D eigenvalue weighted by molar-refractivity contribution is -0.113. The monoisotopic (exact) mass is 204 g/mol. The first-order valence-electron chi connectivity index (χ1n) is 5.51. The Kier molecular flexibility index (Phi) is 3.45. The molecule has 2 rings (SSSR count). The van der Waals surface area contributed by atoms with Crippen LogP contribution in [0.3, 0.4) is 0 Å². The van der Waals surface area contributed by atoms with Crippen molar-refractivity contribution in [1.82, 2.24) is 9.88 Å². The molecule has 0 spiro atoms. The molecule has 3 nitrogen and oxygen atoms in total. The number of likely N-dealkylation sites (tertiary alicyclic amines) is 1. The van der Waals surface area contributed by atoms with Gasteiger partial charge in [0, 0.05) is 12.4 Å². The third-order valence-corrected chi connectivity index (χ3v) is 2.96. The Morgan fingerprint density at radius 3 is 2.47 bits per heavy atom. The lowest BCUT2D eigenvalue weighted by Gasteiger charge is -2.31. The molecule has 0 aliphatic carbocycles. The van der Waals surface area contributed by atoms with E-state index in [0.717, 1.165) is 24.9 Å². The summed E-state index contributed by atoms with van der Waals surface area (Å²) in [7, 11) is 0. The summed E-state index contributed by atoms with van der Waals surface area (Å²) in [6.45, 7) is 2.07. The molecule has 0 aromatic carbocycles. The summed E-state index contributed by atoms with van der Waals surface area (Å²) < 4.78 is 0. The van der Waals surface area contributed by atoms with E-state index in [0.29, 0.717) is 0 Å². The van der Waals surface area contributed by atoms with Gasteiger partial charge in [0.15, 0.2) is 0 Å². The van der Waals surface area contributed by atoms with E-state index in [9.17, 15) is 4.79 Å². The van der Waals surface area contributed by atoms with E-state index < -0.39 is 0 Å². The molecule has 0 radical (unpaired) electrons. The number of aldehydes is 1. The molecule has 1 aliphatic rings. The zero-order valence-corrected chi connectivity index (χ0v) is 8.80. The van der Waals surface area contributed by atoms with Gasteiger partial charge in [0.25, 0.3) is 0 Å². The molecule has 0 amide bonds. The van der Waals surface area contributed by atoms with Crippen LogP contribution in [-0.4, -0.2) is 29.3 Å². The van der Waals surface area contributed by atoms with Crippen LogP contribution in [0.25, 0.3) is 0 Å². The van der Waals surface area contributed by atoms with Crippen LogP contribution in [0.15, 0.2) is 24.5 Å². The zero-order chi connectivity index (χ0) is 10.5. The molecule has 1 atom stereocenters. The number of nitrogens with zero attached hydrogens (tertiary/aromatic N) is 2. The second kappa shape index (κ2) is 5.03. The smallest absolute Gasteiger partial charge is 0.141 e. The van der Waals surface area contributed by atoms with Crippen molar-refractivity contribution in [3.63, 3.8) is 0 Å². The summed E-state index contributed by atoms with van der Waals surface area (Å²) >= 11 is 0. The summed E-state index contributed by atoms with van der Waals surface area (Å²) in [5.41, 5.74) is 1.06. The van der Waals surface area contributed by atoms with Crippen molar-refractivity contribution in [3.05, 3.63) is 30.1 Å². The summed E-state index contributed by atoms with van der Waals surface area (Å²) in [5.74, 6) is 0. The molecule has 1 fully saturated rings. The Labute approximate surface area is 90.1 Å². The summed E-state index contributed by atoms with van der Waals surface area (Å²) in [4.78, 5) is 17.4. The van der Waals surface area contributed by atoms with Crippen LogP contribution < -0.4 is 0 Å². The zero-order valence-electron chi connectivity index (χ0n) is 8.80. The molecule has 80 valence electrons. The van der Waals surface area contributed by atoms with E-state index in [4.69, 9.17) is 0 Å². The van der Waals surface area contributed by atoms with Gasteiger partial charge in [-0.25, -0.2) is 0 Å². The molecule has 1 aromatic heterocycles. The topological polar surface area (TPSA) is 33.2 Å². The number of hydrogen-bond acceptors (Lipinski definition) is 3. The average Bonchev–Trinajstić information content (AvgIpc) is 2.33. The van der Waals surface area contributed by atoms with E-state index in [-0.39, 0.29) is 6.04 Å². The van der Waals surface area contributed by atoms with Crippen molar-refractivity contribution in [1.29, 1.82) is 0 Å². The van der Waals surface area contributed by atoms with Crippen molar-refractivity contribution >= 4 is 6.29 Å². The van der Waals surface area contributed by atoms with E-state index in [1.54, 1.807) is 12.4 Å². The van der Waals surface area contributed by atoms with Crippen molar-refractivity contribution in [2.45, 2.75) is 25.3 Å². The number of piperidine rings is 1. The number of pyridine rings is 1. The maximum atomic E-state index is 11.1. The number of aromatic nitrogens is 1. The number of rotatable bonds is 3. The van der Waals surface area contributed by atoms with Crippen LogP contribution in [0.5, 0.6) is 0 Å². The molecule has 2 heterocycles. The van der Waals surface area contributed by atoms with Crippen LogP contribution in [0.2, 0.25) is 0 Å². The van der Waals surface area contributed by atoms with Gasteiger partial charge in [-0.15, -0.1) is 0 Å². The maximum absolute atomic E-state index is 11.1. The van der Waals surface area contributed by atoms with Crippen molar-refractivity contribution in [3.8, 4) is 0 Å². The van der Waals surface area contributed by atoms with Gasteiger partial charge in [-0.3, -0.25) is 9.88 Å². The van der Waals surface area contributed by atoms with Crippen LogP contribution in [0.4, 0.5) is 0 Å². The van der Waals surface area contributed by atoms with Crippen LogP contribution in [0, 0.1) is 0 Å². The Morgan fingerprint density at radius 1 is 1.20 bits per heavy atom. The van der Waals surface area contributed by atoms with Crippen LogP contribution in [0.1, 0.15) is 30.9 Å². The molecular formula is C12H16N2O. The minimum absolute atomic E-state index is 0.0756. The number of carbonyl (C=O) groups is 1. The molecule has 0 saturated carbocycles. The molecule has 15 heavy (non-hydrogen) atoms. The second-order valence-electron chi connectivity index (χ2n) is 3.96. The quantitative estimate of drug-likeness (QED) is 0.704.